The number of rotatable bonds is 5. The van der Waals surface area contributed by atoms with Gasteiger partial charge in [0.05, 0.1) is 12.5 Å². The summed E-state index contributed by atoms with van der Waals surface area (Å²) >= 11 is 0. The van der Waals surface area contributed by atoms with E-state index in [2.05, 4.69) is 52.8 Å². The summed E-state index contributed by atoms with van der Waals surface area (Å²) in [5.74, 6) is 0. The molecule has 2 aromatic rings. The molecule has 2 amide bonds. The fourth-order valence-corrected chi connectivity index (χ4v) is 3.24. The van der Waals surface area contributed by atoms with Crippen LogP contribution < -0.4 is 10.6 Å². The van der Waals surface area contributed by atoms with Crippen LogP contribution >= 0.6 is 0 Å². The van der Waals surface area contributed by atoms with Crippen LogP contribution in [0, 0.1) is 11.3 Å². The summed E-state index contributed by atoms with van der Waals surface area (Å²) in [6.45, 7) is 4.69. The summed E-state index contributed by atoms with van der Waals surface area (Å²) in [6.07, 6.45) is 1.44. The molecule has 1 aliphatic heterocycles. The number of hydrogen-bond donors (Lipinski definition) is 2. The molecule has 1 atom stereocenters. The van der Waals surface area contributed by atoms with Crippen molar-refractivity contribution in [2.75, 3.05) is 18.4 Å². The van der Waals surface area contributed by atoms with E-state index in [0.29, 0.717) is 13.0 Å². The molecule has 5 nitrogen and oxygen atoms in total. The number of carbonyl (C=O) groups is 1. The number of nitrogens with zero attached hydrogens (tertiary/aromatic N) is 2. The van der Waals surface area contributed by atoms with Crippen LogP contribution in [0.25, 0.3) is 0 Å². The predicted molar refractivity (Wildman–Crippen MR) is 103 cm³/mol. The average Bonchev–Trinajstić information content (AvgIpc) is 2.67. The Morgan fingerprint density at radius 2 is 1.92 bits per heavy atom. The summed E-state index contributed by atoms with van der Waals surface area (Å²) in [5, 5.41) is 14.5. The van der Waals surface area contributed by atoms with Crippen molar-refractivity contribution in [2.45, 2.75) is 32.4 Å². The molecule has 0 aromatic heterocycles. The van der Waals surface area contributed by atoms with E-state index in [9.17, 15) is 4.79 Å². The third-order valence-corrected chi connectivity index (χ3v) is 4.84. The van der Waals surface area contributed by atoms with Gasteiger partial charge in [-0.05, 0) is 42.2 Å². The van der Waals surface area contributed by atoms with Crippen molar-refractivity contribution in [3.05, 3.63) is 65.2 Å². The second kappa shape index (κ2) is 8.50. The average molecular weight is 348 g/mol. The third-order valence-electron chi connectivity index (χ3n) is 4.84. The van der Waals surface area contributed by atoms with Gasteiger partial charge in [-0.25, -0.2) is 4.79 Å². The number of fused-ring (bicyclic) bond motifs is 1. The van der Waals surface area contributed by atoms with Gasteiger partial charge in [0.2, 0.25) is 0 Å². The molecular weight excluding hydrogens is 324 g/mol. The predicted octanol–water partition coefficient (Wildman–Crippen LogP) is 3.32. The minimum absolute atomic E-state index is 0.206. The Bertz CT molecular complexity index is 794. The number of nitriles is 1. The number of carbonyl (C=O) groups excluding carboxylic acids is 1. The number of benzene rings is 2. The van der Waals surface area contributed by atoms with Crippen LogP contribution in [-0.4, -0.2) is 30.1 Å². The lowest BCUT2D eigenvalue weighted by Gasteiger charge is -2.33. The molecule has 2 N–H and O–H groups in total. The standard InChI is InChI=1S/C21H24N4O/c1-16(25-13-11-18-4-2-3-5-19(18)15-25)14-23-21(26)24-20-8-6-17(7-9-20)10-12-22/h2-9,16H,10-11,13-15H2,1H3,(H2,23,24,26). The smallest absolute Gasteiger partial charge is 0.319 e. The molecule has 0 bridgehead atoms. The largest absolute Gasteiger partial charge is 0.336 e. The molecule has 1 unspecified atom stereocenters. The quantitative estimate of drug-likeness (QED) is 0.871. The van der Waals surface area contributed by atoms with E-state index in [4.69, 9.17) is 5.26 Å². The molecule has 0 radical (unpaired) electrons. The first-order valence-electron chi connectivity index (χ1n) is 8.97. The van der Waals surface area contributed by atoms with Crippen molar-refractivity contribution in [3.63, 3.8) is 0 Å². The minimum atomic E-state index is -0.206. The molecule has 2 aromatic carbocycles. The van der Waals surface area contributed by atoms with E-state index in [1.165, 1.54) is 11.1 Å². The Balaban J connectivity index is 1.46. The van der Waals surface area contributed by atoms with Crippen LogP contribution in [0.5, 0.6) is 0 Å². The molecule has 0 spiro atoms. The van der Waals surface area contributed by atoms with E-state index < -0.39 is 0 Å². The van der Waals surface area contributed by atoms with Gasteiger partial charge >= 0.3 is 6.03 Å². The van der Waals surface area contributed by atoms with Gasteiger partial charge in [0.15, 0.2) is 0 Å². The zero-order valence-corrected chi connectivity index (χ0v) is 15.0. The van der Waals surface area contributed by atoms with Crippen LogP contribution in [-0.2, 0) is 19.4 Å². The molecule has 134 valence electrons. The van der Waals surface area contributed by atoms with Crippen molar-refractivity contribution >= 4 is 11.7 Å². The van der Waals surface area contributed by atoms with Crippen LogP contribution in [0.1, 0.15) is 23.6 Å². The summed E-state index contributed by atoms with van der Waals surface area (Å²) in [7, 11) is 0. The van der Waals surface area contributed by atoms with Gasteiger partial charge in [0.1, 0.15) is 0 Å². The van der Waals surface area contributed by atoms with Crippen molar-refractivity contribution in [3.8, 4) is 6.07 Å². The summed E-state index contributed by atoms with van der Waals surface area (Å²) in [6, 6.07) is 18.1. The van der Waals surface area contributed by atoms with E-state index in [-0.39, 0.29) is 12.1 Å². The first-order chi connectivity index (χ1) is 12.7. The number of anilines is 1. The maximum Gasteiger partial charge on any atom is 0.319 e. The Hall–Kier alpha value is -2.84. The van der Waals surface area contributed by atoms with Gasteiger partial charge in [-0.3, -0.25) is 4.90 Å². The Morgan fingerprint density at radius 1 is 1.19 bits per heavy atom. The minimum Gasteiger partial charge on any atom is -0.336 e. The van der Waals surface area contributed by atoms with E-state index in [1.807, 2.05) is 24.3 Å². The number of hydrogen-bond acceptors (Lipinski definition) is 3. The molecule has 0 saturated heterocycles. The van der Waals surface area contributed by atoms with E-state index in [0.717, 1.165) is 30.8 Å². The lowest BCUT2D eigenvalue weighted by atomic mass is 9.99. The first kappa shape index (κ1) is 18.0. The highest BCUT2D eigenvalue weighted by molar-refractivity contribution is 5.89. The lowest BCUT2D eigenvalue weighted by Crippen LogP contribution is -2.45. The first-order valence-corrected chi connectivity index (χ1v) is 8.97. The van der Waals surface area contributed by atoms with Gasteiger partial charge in [-0.1, -0.05) is 36.4 Å². The highest BCUT2D eigenvalue weighted by atomic mass is 16.2. The van der Waals surface area contributed by atoms with Gasteiger partial charge in [-0.2, -0.15) is 5.26 Å². The molecule has 1 aliphatic rings. The fourth-order valence-electron chi connectivity index (χ4n) is 3.24. The number of urea groups is 1. The second-order valence-corrected chi connectivity index (χ2v) is 6.71. The van der Waals surface area contributed by atoms with Crippen LogP contribution in [0.15, 0.2) is 48.5 Å². The second-order valence-electron chi connectivity index (χ2n) is 6.71. The maximum absolute atomic E-state index is 12.1. The van der Waals surface area contributed by atoms with Crippen molar-refractivity contribution in [1.29, 1.82) is 5.26 Å². The molecule has 3 rings (SSSR count). The number of amides is 2. The molecule has 0 fully saturated rings. The summed E-state index contributed by atoms with van der Waals surface area (Å²) in [5.41, 5.74) is 4.48. The molecule has 0 saturated carbocycles. The van der Waals surface area contributed by atoms with Crippen LogP contribution in [0.3, 0.4) is 0 Å². The third kappa shape index (κ3) is 4.62. The summed E-state index contributed by atoms with van der Waals surface area (Å²) < 4.78 is 0. The highest BCUT2D eigenvalue weighted by Gasteiger charge is 2.20. The topological polar surface area (TPSA) is 68.2 Å². The number of nitrogens with one attached hydrogen (secondary N) is 2. The van der Waals surface area contributed by atoms with E-state index in [1.54, 1.807) is 0 Å². The van der Waals surface area contributed by atoms with Crippen LogP contribution in [0.2, 0.25) is 0 Å². The monoisotopic (exact) mass is 348 g/mol. The molecule has 5 heteroatoms. The lowest BCUT2D eigenvalue weighted by molar-refractivity contribution is 0.186. The van der Waals surface area contributed by atoms with Gasteiger partial charge in [-0.15, -0.1) is 0 Å². The Labute approximate surface area is 154 Å². The highest BCUT2D eigenvalue weighted by Crippen LogP contribution is 2.20. The zero-order valence-electron chi connectivity index (χ0n) is 15.0. The molecular formula is C21H24N4O. The fraction of sp³-hybridized carbons (Fsp3) is 0.333. The van der Waals surface area contributed by atoms with Gasteiger partial charge < -0.3 is 10.6 Å². The summed E-state index contributed by atoms with van der Waals surface area (Å²) in [4.78, 5) is 14.5. The molecule has 0 aliphatic carbocycles. The van der Waals surface area contributed by atoms with E-state index >= 15 is 0 Å². The van der Waals surface area contributed by atoms with Gasteiger partial charge in [0, 0.05) is 31.4 Å². The SMILES string of the molecule is CC(CNC(=O)Nc1ccc(CC#N)cc1)N1CCc2ccccc2C1. The Morgan fingerprint density at radius 3 is 2.65 bits per heavy atom. The zero-order chi connectivity index (χ0) is 18.4. The van der Waals surface area contributed by atoms with Crippen LogP contribution in [0.4, 0.5) is 10.5 Å². The Kier molecular flexibility index (Phi) is 5.88. The van der Waals surface area contributed by atoms with Crippen molar-refractivity contribution < 1.29 is 4.79 Å². The molecule has 26 heavy (non-hydrogen) atoms. The normalized spacial score (nSPS) is 14.8. The van der Waals surface area contributed by atoms with Crippen molar-refractivity contribution in [1.82, 2.24) is 10.2 Å². The van der Waals surface area contributed by atoms with Gasteiger partial charge in [0.25, 0.3) is 0 Å². The maximum atomic E-state index is 12.1. The molecule has 1 heterocycles. The van der Waals surface area contributed by atoms with Crippen molar-refractivity contribution in [2.24, 2.45) is 0 Å².